The van der Waals surface area contributed by atoms with Gasteiger partial charge in [0.2, 0.25) is 0 Å². The Kier molecular flexibility index (Phi) is 4.93. The highest BCUT2D eigenvalue weighted by Crippen LogP contribution is 2.20. The Labute approximate surface area is 141 Å². The van der Waals surface area contributed by atoms with Gasteiger partial charge in [-0.15, -0.1) is 0 Å². The number of amides is 1. The number of hydrogen-bond donors (Lipinski definition) is 1. The lowest BCUT2D eigenvalue weighted by Crippen LogP contribution is -2.36. The Morgan fingerprint density at radius 2 is 1.83 bits per heavy atom. The van der Waals surface area contributed by atoms with Gasteiger partial charge in [-0.1, -0.05) is 0 Å². The average Bonchev–Trinajstić information content (AvgIpc) is 2.62. The summed E-state index contributed by atoms with van der Waals surface area (Å²) in [6.45, 7) is 3.42. The van der Waals surface area contributed by atoms with Crippen LogP contribution in [-0.4, -0.2) is 41.0 Å². The number of aromatic nitrogens is 2. The first kappa shape index (κ1) is 16.2. The normalized spacial score (nSPS) is 14.3. The van der Waals surface area contributed by atoms with Crippen LogP contribution in [0.2, 0.25) is 0 Å². The molecule has 1 aromatic heterocycles. The molecule has 1 N–H and O–H groups in total. The molecule has 2 aromatic rings. The molecule has 0 aliphatic carbocycles. The lowest BCUT2D eigenvalue weighted by Gasteiger charge is -2.26. The van der Waals surface area contributed by atoms with Crippen molar-refractivity contribution in [1.82, 2.24) is 14.9 Å². The predicted molar refractivity (Wildman–Crippen MR) is 92.8 cm³/mol. The fourth-order valence-corrected chi connectivity index (χ4v) is 2.82. The van der Waals surface area contributed by atoms with E-state index in [4.69, 9.17) is 4.74 Å². The number of aryl methyl sites for hydroxylation is 1. The van der Waals surface area contributed by atoms with E-state index in [0.717, 1.165) is 37.4 Å². The molecule has 2 heterocycles. The highest BCUT2D eigenvalue weighted by molar-refractivity contribution is 5.93. The van der Waals surface area contributed by atoms with Gasteiger partial charge in [0.15, 0.2) is 0 Å². The van der Waals surface area contributed by atoms with Crippen LogP contribution >= 0.6 is 0 Å². The molecule has 0 spiro atoms. The zero-order chi connectivity index (χ0) is 16.9. The fourth-order valence-electron chi connectivity index (χ4n) is 2.82. The second-order valence-corrected chi connectivity index (χ2v) is 5.89. The van der Waals surface area contributed by atoms with Gasteiger partial charge in [-0.3, -0.25) is 4.79 Å². The van der Waals surface area contributed by atoms with Crippen molar-refractivity contribution in [3.05, 3.63) is 41.9 Å². The van der Waals surface area contributed by atoms with Crippen LogP contribution in [0.4, 0.5) is 11.5 Å². The number of methoxy groups -OCH3 is 1. The van der Waals surface area contributed by atoms with Gasteiger partial charge in [-0.2, -0.15) is 0 Å². The second kappa shape index (κ2) is 7.29. The van der Waals surface area contributed by atoms with Crippen LogP contribution < -0.4 is 10.1 Å². The number of anilines is 2. The second-order valence-electron chi connectivity index (χ2n) is 5.89. The lowest BCUT2D eigenvalue weighted by molar-refractivity contribution is 0.0718. The molecule has 24 heavy (non-hydrogen) atoms. The predicted octanol–water partition coefficient (Wildman–Crippen LogP) is 3.16. The first-order valence-electron chi connectivity index (χ1n) is 8.22. The molecule has 0 saturated carbocycles. The van der Waals surface area contributed by atoms with Crippen LogP contribution in [-0.2, 0) is 0 Å². The Bertz CT molecular complexity index is 709. The molecular formula is C18H22N4O2. The number of benzene rings is 1. The summed E-state index contributed by atoms with van der Waals surface area (Å²) in [6, 6.07) is 9.27. The zero-order valence-electron chi connectivity index (χ0n) is 14.1. The average molecular weight is 326 g/mol. The maximum absolute atomic E-state index is 12.6. The molecule has 1 aromatic carbocycles. The summed E-state index contributed by atoms with van der Waals surface area (Å²) in [6.07, 6.45) is 3.32. The topological polar surface area (TPSA) is 67.3 Å². The number of piperidine rings is 1. The van der Waals surface area contributed by atoms with Gasteiger partial charge in [0.1, 0.15) is 23.1 Å². The summed E-state index contributed by atoms with van der Waals surface area (Å²) >= 11 is 0. The highest BCUT2D eigenvalue weighted by Gasteiger charge is 2.20. The number of nitrogens with zero attached hydrogens (tertiary/aromatic N) is 3. The van der Waals surface area contributed by atoms with Crippen LogP contribution in [0.5, 0.6) is 5.75 Å². The van der Waals surface area contributed by atoms with Gasteiger partial charge >= 0.3 is 0 Å². The van der Waals surface area contributed by atoms with E-state index < -0.39 is 0 Å². The van der Waals surface area contributed by atoms with E-state index in [0.29, 0.717) is 17.3 Å². The van der Waals surface area contributed by atoms with Crippen molar-refractivity contribution >= 4 is 17.4 Å². The number of likely N-dealkylation sites (tertiary alicyclic amines) is 1. The van der Waals surface area contributed by atoms with Crippen LogP contribution in [0.3, 0.4) is 0 Å². The molecule has 0 bridgehead atoms. The van der Waals surface area contributed by atoms with Crippen molar-refractivity contribution in [2.45, 2.75) is 26.2 Å². The number of rotatable bonds is 4. The van der Waals surface area contributed by atoms with Gasteiger partial charge in [-0.25, -0.2) is 9.97 Å². The summed E-state index contributed by atoms with van der Waals surface area (Å²) in [7, 11) is 1.63. The minimum Gasteiger partial charge on any atom is -0.497 e. The van der Waals surface area contributed by atoms with Gasteiger partial charge < -0.3 is 15.0 Å². The monoisotopic (exact) mass is 326 g/mol. The number of carbonyl (C=O) groups is 1. The number of carbonyl (C=O) groups excluding carboxylic acids is 1. The molecule has 6 nitrogen and oxygen atoms in total. The van der Waals surface area contributed by atoms with E-state index in [1.54, 1.807) is 20.1 Å². The quantitative estimate of drug-likeness (QED) is 0.935. The standard InChI is InChI=1S/C18H22N4O2/c1-13-19-16(18(23)22-10-4-3-5-11-22)12-17(20-13)21-14-6-8-15(24-2)9-7-14/h6-9,12H,3-5,10-11H2,1-2H3,(H,19,20,21). The molecular weight excluding hydrogens is 304 g/mol. The summed E-state index contributed by atoms with van der Waals surface area (Å²) in [5.74, 6) is 1.97. The third-order valence-corrected chi connectivity index (χ3v) is 4.06. The van der Waals surface area contributed by atoms with Gasteiger partial charge in [0, 0.05) is 24.8 Å². The minimum absolute atomic E-state index is 0.0158. The SMILES string of the molecule is COc1ccc(Nc2cc(C(=O)N3CCCCC3)nc(C)n2)cc1. The molecule has 0 radical (unpaired) electrons. The maximum atomic E-state index is 12.6. The maximum Gasteiger partial charge on any atom is 0.272 e. The number of hydrogen-bond acceptors (Lipinski definition) is 5. The first-order chi connectivity index (χ1) is 11.7. The van der Waals surface area contributed by atoms with E-state index in [9.17, 15) is 4.79 Å². The Morgan fingerprint density at radius 3 is 2.50 bits per heavy atom. The number of nitrogens with one attached hydrogen (secondary N) is 1. The third-order valence-electron chi connectivity index (χ3n) is 4.06. The van der Waals surface area contributed by atoms with Crippen LogP contribution in [0.1, 0.15) is 35.6 Å². The van der Waals surface area contributed by atoms with Crippen molar-refractivity contribution in [1.29, 1.82) is 0 Å². The smallest absolute Gasteiger partial charge is 0.272 e. The Morgan fingerprint density at radius 1 is 1.12 bits per heavy atom. The van der Waals surface area contributed by atoms with Gasteiger partial charge in [-0.05, 0) is 50.5 Å². The summed E-state index contributed by atoms with van der Waals surface area (Å²) in [5, 5.41) is 3.22. The molecule has 1 saturated heterocycles. The molecule has 126 valence electrons. The van der Waals surface area contributed by atoms with E-state index >= 15 is 0 Å². The molecule has 6 heteroatoms. The minimum atomic E-state index is -0.0158. The van der Waals surface area contributed by atoms with E-state index in [2.05, 4.69) is 15.3 Å². The van der Waals surface area contributed by atoms with E-state index in [1.807, 2.05) is 29.2 Å². The number of ether oxygens (including phenoxy) is 1. The van der Waals surface area contributed by atoms with E-state index in [-0.39, 0.29) is 5.91 Å². The molecule has 3 rings (SSSR count). The summed E-state index contributed by atoms with van der Waals surface area (Å²) in [5.41, 5.74) is 1.32. The molecule has 1 aliphatic heterocycles. The third kappa shape index (κ3) is 3.82. The van der Waals surface area contributed by atoms with Crippen molar-refractivity contribution < 1.29 is 9.53 Å². The Hall–Kier alpha value is -2.63. The zero-order valence-corrected chi connectivity index (χ0v) is 14.1. The van der Waals surface area contributed by atoms with Crippen molar-refractivity contribution in [2.24, 2.45) is 0 Å². The summed E-state index contributed by atoms with van der Waals surface area (Å²) in [4.78, 5) is 23.2. The van der Waals surface area contributed by atoms with Crippen LogP contribution in [0.15, 0.2) is 30.3 Å². The first-order valence-corrected chi connectivity index (χ1v) is 8.22. The van der Waals surface area contributed by atoms with Gasteiger partial charge in [0.25, 0.3) is 5.91 Å². The molecule has 1 aliphatic rings. The van der Waals surface area contributed by atoms with Crippen LogP contribution in [0, 0.1) is 6.92 Å². The van der Waals surface area contributed by atoms with Crippen molar-refractivity contribution in [2.75, 3.05) is 25.5 Å². The van der Waals surface area contributed by atoms with Crippen LogP contribution in [0.25, 0.3) is 0 Å². The largest absolute Gasteiger partial charge is 0.497 e. The summed E-state index contributed by atoms with van der Waals surface area (Å²) < 4.78 is 5.15. The Balaban J connectivity index is 1.78. The lowest BCUT2D eigenvalue weighted by atomic mass is 10.1. The molecule has 1 amide bonds. The van der Waals surface area contributed by atoms with Crippen molar-refractivity contribution in [3.63, 3.8) is 0 Å². The van der Waals surface area contributed by atoms with Crippen molar-refractivity contribution in [3.8, 4) is 5.75 Å². The highest BCUT2D eigenvalue weighted by atomic mass is 16.5. The fraction of sp³-hybridized carbons (Fsp3) is 0.389. The molecule has 0 atom stereocenters. The molecule has 1 fully saturated rings. The van der Waals surface area contributed by atoms with E-state index in [1.165, 1.54) is 6.42 Å². The molecule has 0 unspecified atom stereocenters. The van der Waals surface area contributed by atoms with Gasteiger partial charge in [0.05, 0.1) is 7.11 Å².